The van der Waals surface area contributed by atoms with Gasteiger partial charge in [0.25, 0.3) is 5.91 Å². The number of carbonyl (C=O) groups excluding carboxylic acids is 1. The predicted octanol–water partition coefficient (Wildman–Crippen LogP) is 5.20. The van der Waals surface area contributed by atoms with Crippen LogP contribution in [0.4, 0.5) is 0 Å². The minimum Gasteiger partial charge on any atom is -0.312 e. The van der Waals surface area contributed by atoms with Crippen LogP contribution in [0, 0.1) is 5.92 Å². The molecule has 8 heteroatoms. The van der Waals surface area contributed by atoms with Gasteiger partial charge < -0.3 is 4.57 Å². The van der Waals surface area contributed by atoms with E-state index < -0.39 is 15.9 Å². The van der Waals surface area contributed by atoms with E-state index in [0.717, 1.165) is 33.8 Å². The van der Waals surface area contributed by atoms with Crippen molar-refractivity contribution in [1.29, 1.82) is 0 Å². The Kier molecular flexibility index (Phi) is 6.44. The molecule has 1 aliphatic heterocycles. The van der Waals surface area contributed by atoms with Crippen LogP contribution in [0.5, 0.6) is 0 Å². The van der Waals surface area contributed by atoms with Gasteiger partial charge in [0.2, 0.25) is 10.0 Å². The highest BCUT2D eigenvalue weighted by atomic mass is 32.2. The molecule has 0 radical (unpaired) electrons. The smallest absolute Gasteiger partial charge is 0.279 e. The molecule has 0 aliphatic carbocycles. The zero-order valence-corrected chi connectivity index (χ0v) is 21.2. The number of piperidine rings is 1. The van der Waals surface area contributed by atoms with Crippen molar-refractivity contribution in [1.82, 2.24) is 8.87 Å². The second-order valence-electron chi connectivity index (χ2n) is 8.95. The van der Waals surface area contributed by atoms with Crippen molar-refractivity contribution in [3.05, 3.63) is 83.7 Å². The lowest BCUT2D eigenvalue weighted by Crippen LogP contribution is -2.37. The summed E-state index contributed by atoms with van der Waals surface area (Å²) in [6, 6.07) is 18.4. The number of allylic oxidation sites excluding steroid dienone is 1. The number of rotatable bonds is 5. The van der Waals surface area contributed by atoms with Crippen molar-refractivity contribution >= 4 is 48.3 Å². The molecule has 4 aromatic rings. The first-order valence-corrected chi connectivity index (χ1v) is 14.0. The monoisotopic (exact) mass is 505 g/mol. The number of sulfonamides is 1. The van der Waals surface area contributed by atoms with Gasteiger partial charge in [-0.25, -0.2) is 8.42 Å². The van der Waals surface area contributed by atoms with E-state index in [-0.39, 0.29) is 4.90 Å². The maximum absolute atomic E-state index is 13.1. The van der Waals surface area contributed by atoms with Gasteiger partial charge >= 0.3 is 0 Å². The molecule has 0 bridgehead atoms. The number of thiazole rings is 1. The molecular formula is C27H27N3O3S2. The second-order valence-corrected chi connectivity index (χ2v) is 11.9. The van der Waals surface area contributed by atoms with Crippen molar-refractivity contribution in [2.75, 3.05) is 13.1 Å². The maximum atomic E-state index is 13.1. The average molecular weight is 506 g/mol. The lowest BCUT2D eigenvalue weighted by molar-refractivity contribution is 0.0997. The number of hydrogen-bond acceptors (Lipinski definition) is 4. The van der Waals surface area contributed by atoms with Crippen molar-refractivity contribution in [2.45, 2.75) is 31.2 Å². The first-order valence-electron chi connectivity index (χ1n) is 11.7. The van der Waals surface area contributed by atoms with E-state index in [1.807, 2.05) is 22.8 Å². The fourth-order valence-electron chi connectivity index (χ4n) is 4.48. The molecule has 0 unspecified atom stereocenters. The van der Waals surface area contributed by atoms with Crippen LogP contribution in [0.1, 0.15) is 30.1 Å². The van der Waals surface area contributed by atoms with E-state index >= 15 is 0 Å². The predicted molar refractivity (Wildman–Crippen MR) is 141 cm³/mol. The number of carbonyl (C=O) groups is 1. The zero-order valence-electron chi connectivity index (χ0n) is 19.6. The Morgan fingerprint density at radius 1 is 1.09 bits per heavy atom. The third kappa shape index (κ3) is 4.49. The molecule has 0 spiro atoms. The van der Waals surface area contributed by atoms with Gasteiger partial charge in [0.15, 0.2) is 4.80 Å². The van der Waals surface area contributed by atoms with E-state index in [1.165, 1.54) is 27.8 Å². The van der Waals surface area contributed by atoms with E-state index in [0.29, 0.717) is 35.9 Å². The molecule has 1 aliphatic rings. The second kappa shape index (κ2) is 9.53. The summed E-state index contributed by atoms with van der Waals surface area (Å²) in [7, 11) is -3.56. The molecule has 180 valence electrons. The molecule has 5 rings (SSSR count). The first kappa shape index (κ1) is 23.7. The van der Waals surface area contributed by atoms with Gasteiger partial charge in [0.1, 0.15) is 0 Å². The molecule has 3 aromatic carbocycles. The molecule has 2 heterocycles. The van der Waals surface area contributed by atoms with E-state index in [9.17, 15) is 13.2 Å². The summed E-state index contributed by atoms with van der Waals surface area (Å²) in [6.45, 7) is 7.59. The Balaban J connectivity index is 1.49. The summed E-state index contributed by atoms with van der Waals surface area (Å²) in [6.07, 6.45) is 3.51. The minimum atomic E-state index is -3.56. The number of hydrogen-bond donors (Lipinski definition) is 0. The Morgan fingerprint density at radius 3 is 2.51 bits per heavy atom. The lowest BCUT2D eigenvalue weighted by atomic mass is 10.0. The molecular weight excluding hydrogens is 478 g/mol. The van der Waals surface area contributed by atoms with Gasteiger partial charge in [-0.1, -0.05) is 54.7 Å². The van der Waals surface area contributed by atoms with Crippen LogP contribution >= 0.6 is 11.3 Å². The van der Waals surface area contributed by atoms with Crippen LogP contribution in [-0.4, -0.2) is 36.3 Å². The Labute approximate surface area is 208 Å². The maximum Gasteiger partial charge on any atom is 0.279 e. The first-order chi connectivity index (χ1) is 16.9. The molecule has 1 amide bonds. The number of fused-ring (bicyclic) bond motifs is 3. The average Bonchev–Trinajstić information content (AvgIpc) is 3.22. The van der Waals surface area contributed by atoms with Crippen molar-refractivity contribution in [2.24, 2.45) is 10.9 Å². The molecule has 0 saturated carbocycles. The molecule has 1 aromatic heterocycles. The fraction of sp³-hybridized carbons (Fsp3) is 0.259. The highest BCUT2D eigenvalue weighted by molar-refractivity contribution is 7.89. The van der Waals surface area contributed by atoms with Gasteiger partial charge in [-0.3, -0.25) is 4.79 Å². The highest BCUT2D eigenvalue weighted by Crippen LogP contribution is 2.28. The van der Waals surface area contributed by atoms with Gasteiger partial charge in [-0.2, -0.15) is 9.30 Å². The lowest BCUT2D eigenvalue weighted by Gasteiger charge is -2.29. The zero-order chi connectivity index (χ0) is 24.6. The topological polar surface area (TPSA) is 71.7 Å². The molecule has 35 heavy (non-hydrogen) atoms. The standard InChI is InChI=1S/C27H27N3O3S2/c1-3-16-30-24-13-10-20-6-4-5-7-23(20)25(24)34-27(30)28-26(31)21-8-11-22(12-9-21)35(32,33)29-17-14-19(2)15-18-29/h3-13,19H,1,14-18H2,2H3. The van der Waals surface area contributed by atoms with E-state index in [4.69, 9.17) is 0 Å². The quantitative estimate of drug-likeness (QED) is 0.350. The largest absolute Gasteiger partial charge is 0.312 e. The van der Waals surface area contributed by atoms with Gasteiger partial charge in [0.05, 0.1) is 15.1 Å². The van der Waals surface area contributed by atoms with Gasteiger partial charge in [-0.15, -0.1) is 6.58 Å². The SMILES string of the molecule is C=CCn1c(=NC(=O)c2ccc(S(=O)(=O)N3CCC(C)CC3)cc2)sc2c3ccccc3ccc21. The third-order valence-electron chi connectivity index (χ3n) is 6.56. The molecule has 1 fully saturated rings. The summed E-state index contributed by atoms with van der Waals surface area (Å²) < 4.78 is 30.6. The van der Waals surface area contributed by atoms with Crippen LogP contribution in [0.2, 0.25) is 0 Å². The summed E-state index contributed by atoms with van der Waals surface area (Å²) in [5.41, 5.74) is 1.35. The Bertz CT molecular complexity index is 1590. The van der Waals surface area contributed by atoms with E-state index in [1.54, 1.807) is 18.2 Å². The summed E-state index contributed by atoms with van der Waals surface area (Å²) >= 11 is 1.47. The Hall–Kier alpha value is -3.07. The Morgan fingerprint density at radius 2 is 1.80 bits per heavy atom. The number of aromatic nitrogens is 1. The van der Waals surface area contributed by atoms with E-state index in [2.05, 4.69) is 36.7 Å². The third-order valence-corrected chi connectivity index (χ3v) is 9.60. The van der Waals surface area contributed by atoms with Crippen LogP contribution < -0.4 is 4.80 Å². The molecule has 6 nitrogen and oxygen atoms in total. The van der Waals surface area contributed by atoms with Crippen LogP contribution in [0.3, 0.4) is 0 Å². The van der Waals surface area contributed by atoms with Crippen LogP contribution in [0.15, 0.2) is 83.2 Å². The summed E-state index contributed by atoms with van der Waals surface area (Å²) in [5.74, 6) is 0.133. The molecule has 1 saturated heterocycles. The minimum absolute atomic E-state index is 0.207. The number of benzene rings is 3. The highest BCUT2D eigenvalue weighted by Gasteiger charge is 2.28. The number of amides is 1. The van der Waals surface area contributed by atoms with Crippen molar-refractivity contribution in [3.8, 4) is 0 Å². The summed E-state index contributed by atoms with van der Waals surface area (Å²) in [4.78, 5) is 18.3. The van der Waals surface area contributed by atoms with Crippen LogP contribution in [-0.2, 0) is 16.6 Å². The summed E-state index contributed by atoms with van der Waals surface area (Å²) in [5, 5.41) is 2.24. The molecule has 0 atom stereocenters. The van der Waals surface area contributed by atoms with Gasteiger partial charge in [-0.05, 0) is 54.5 Å². The van der Waals surface area contributed by atoms with Crippen molar-refractivity contribution in [3.63, 3.8) is 0 Å². The van der Waals surface area contributed by atoms with Gasteiger partial charge in [0, 0.05) is 30.6 Å². The fourth-order valence-corrected chi connectivity index (χ4v) is 7.13. The van der Waals surface area contributed by atoms with Crippen molar-refractivity contribution < 1.29 is 13.2 Å². The normalized spacial score (nSPS) is 16.2. The number of nitrogens with zero attached hydrogens (tertiary/aromatic N) is 3. The molecule has 0 N–H and O–H groups in total. The van der Waals surface area contributed by atoms with Crippen LogP contribution in [0.25, 0.3) is 21.0 Å².